The van der Waals surface area contributed by atoms with Crippen LogP contribution in [0.25, 0.3) is 0 Å². The molecule has 0 saturated heterocycles. The number of carboxylic acid groups (broad SMARTS) is 1. The molecule has 0 aromatic heterocycles. The van der Waals surface area contributed by atoms with Gasteiger partial charge in [-0.1, -0.05) is 6.07 Å². The van der Waals surface area contributed by atoms with Gasteiger partial charge in [0.25, 0.3) is 0 Å². The molecule has 0 saturated carbocycles. The fourth-order valence-electron chi connectivity index (χ4n) is 1.85. The van der Waals surface area contributed by atoms with Crippen LogP contribution >= 0.6 is 15.9 Å². The molecule has 0 unspecified atom stereocenters. The van der Waals surface area contributed by atoms with Crippen molar-refractivity contribution >= 4 is 21.9 Å². The third-order valence-corrected chi connectivity index (χ3v) is 3.56. The molecule has 0 bridgehead atoms. The molecule has 1 N–H and O–H groups in total. The Bertz CT molecular complexity index is 482. The largest absolute Gasteiger partial charge is 0.486 e. The van der Waals surface area contributed by atoms with Crippen LogP contribution in [0.4, 0.5) is 0 Å². The number of aliphatic carboxylic acids is 1. The van der Waals surface area contributed by atoms with E-state index in [1.165, 1.54) is 0 Å². The van der Waals surface area contributed by atoms with Gasteiger partial charge in [-0.25, -0.2) is 0 Å². The first-order valence-corrected chi connectivity index (χ1v) is 6.51. The minimum atomic E-state index is -0.831. The van der Waals surface area contributed by atoms with Crippen LogP contribution in [0.2, 0.25) is 0 Å². The summed E-state index contributed by atoms with van der Waals surface area (Å²) in [6, 6.07) is 3.74. The van der Waals surface area contributed by atoms with Gasteiger partial charge in [0.05, 0.1) is 9.89 Å². The van der Waals surface area contributed by atoms with E-state index in [1.54, 1.807) is 13.8 Å². The molecule has 18 heavy (non-hydrogen) atoms. The number of benzene rings is 1. The molecule has 98 valence electrons. The van der Waals surface area contributed by atoms with Crippen molar-refractivity contribution in [1.82, 2.24) is 0 Å². The lowest BCUT2D eigenvalue weighted by molar-refractivity contribution is -0.146. The van der Waals surface area contributed by atoms with Gasteiger partial charge in [0, 0.05) is 0 Å². The number of fused-ring (bicyclic) bond motifs is 1. The molecule has 1 aliphatic rings. The van der Waals surface area contributed by atoms with E-state index in [2.05, 4.69) is 15.9 Å². The average Bonchev–Trinajstić information content (AvgIpc) is 2.33. The SMILES string of the molecule is CC(C)(Cc1ccc(Br)c2c1OCCO2)C(=O)O. The van der Waals surface area contributed by atoms with Crippen molar-refractivity contribution < 1.29 is 19.4 Å². The highest BCUT2D eigenvalue weighted by molar-refractivity contribution is 9.10. The number of carboxylic acids is 1. The van der Waals surface area contributed by atoms with Crippen LogP contribution < -0.4 is 9.47 Å². The Morgan fingerprint density at radius 3 is 2.56 bits per heavy atom. The topological polar surface area (TPSA) is 55.8 Å². The summed E-state index contributed by atoms with van der Waals surface area (Å²) < 4.78 is 12.0. The maximum atomic E-state index is 11.2. The Morgan fingerprint density at radius 1 is 1.33 bits per heavy atom. The Balaban J connectivity index is 2.37. The Kier molecular flexibility index (Phi) is 3.52. The second-order valence-corrected chi connectivity index (χ2v) is 5.78. The molecular formula is C13H15BrO4. The summed E-state index contributed by atoms with van der Waals surface area (Å²) >= 11 is 3.40. The molecule has 0 atom stereocenters. The van der Waals surface area contributed by atoms with E-state index in [9.17, 15) is 9.90 Å². The molecule has 0 spiro atoms. The molecule has 5 heteroatoms. The van der Waals surface area contributed by atoms with Crippen LogP contribution in [0.1, 0.15) is 19.4 Å². The summed E-state index contributed by atoms with van der Waals surface area (Å²) in [5.74, 6) is 0.501. The first-order valence-electron chi connectivity index (χ1n) is 5.72. The second-order valence-electron chi connectivity index (χ2n) is 4.93. The summed E-state index contributed by atoms with van der Waals surface area (Å²) in [5, 5.41) is 9.18. The van der Waals surface area contributed by atoms with Gasteiger partial charge in [-0.05, 0) is 47.8 Å². The summed E-state index contributed by atoms with van der Waals surface area (Å²) in [5.41, 5.74) is 0.0304. The standard InChI is InChI=1S/C13H15BrO4/c1-13(2,12(15)16)7-8-3-4-9(14)11-10(8)17-5-6-18-11/h3-4H,5-7H2,1-2H3,(H,15,16). The van der Waals surface area contributed by atoms with Crippen molar-refractivity contribution in [3.8, 4) is 11.5 Å². The number of ether oxygens (including phenoxy) is 2. The second kappa shape index (κ2) is 4.80. The maximum Gasteiger partial charge on any atom is 0.309 e. The number of halogens is 1. The first-order chi connectivity index (χ1) is 8.42. The van der Waals surface area contributed by atoms with Crippen LogP contribution in [0.15, 0.2) is 16.6 Å². The van der Waals surface area contributed by atoms with Crippen LogP contribution in [0.5, 0.6) is 11.5 Å². The minimum absolute atomic E-state index is 0.404. The van der Waals surface area contributed by atoms with Gasteiger partial charge in [0.1, 0.15) is 13.2 Å². The van der Waals surface area contributed by atoms with Crippen molar-refractivity contribution in [2.24, 2.45) is 5.41 Å². The molecule has 0 radical (unpaired) electrons. The molecule has 2 rings (SSSR count). The van der Waals surface area contributed by atoms with Crippen LogP contribution in [0.3, 0.4) is 0 Å². The minimum Gasteiger partial charge on any atom is -0.486 e. The monoisotopic (exact) mass is 314 g/mol. The molecule has 4 nitrogen and oxygen atoms in total. The third kappa shape index (κ3) is 2.46. The third-order valence-electron chi connectivity index (χ3n) is 2.93. The van der Waals surface area contributed by atoms with E-state index in [1.807, 2.05) is 12.1 Å². The lowest BCUT2D eigenvalue weighted by atomic mass is 9.85. The molecule has 1 aromatic rings. The molecule has 1 aromatic carbocycles. The van der Waals surface area contributed by atoms with Crippen molar-refractivity contribution in [1.29, 1.82) is 0 Å². The number of hydrogen-bond donors (Lipinski definition) is 1. The highest BCUT2D eigenvalue weighted by Gasteiger charge is 2.30. The van der Waals surface area contributed by atoms with Crippen LogP contribution in [0, 0.1) is 5.41 Å². The van der Waals surface area contributed by atoms with Crippen molar-refractivity contribution in [3.63, 3.8) is 0 Å². The fourth-order valence-corrected chi connectivity index (χ4v) is 2.28. The quantitative estimate of drug-likeness (QED) is 0.932. The van der Waals surface area contributed by atoms with Gasteiger partial charge in [0.2, 0.25) is 0 Å². The fraction of sp³-hybridized carbons (Fsp3) is 0.462. The van der Waals surface area contributed by atoms with Gasteiger partial charge in [-0.3, -0.25) is 4.79 Å². The van der Waals surface area contributed by atoms with Gasteiger partial charge in [0.15, 0.2) is 11.5 Å². The molecular weight excluding hydrogens is 300 g/mol. The summed E-state index contributed by atoms with van der Waals surface area (Å²) in [4.78, 5) is 11.2. The van der Waals surface area contributed by atoms with Gasteiger partial charge >= 0.3 is 5.97 Å². The predicted molar refractivity (Wildman–Crippen MR) is 70.3 cm³/mol. The van der Waals surface area contributed by atoms with E-state index >= 15 is 0 Å². The first kappa shape index (κ1) is 13.2. The molecule has 1 aliphatic heterocycles. The van der Waals surface area contributed by atoms with Crippen molar-refractivity contribution in [2.45, 2.75) is 20.3 Å². The van der Waals surface area contributed by atoms with Crippen molar-refractivity contribution in [3.05, 3.63) is 22.2 Å². The van der Waals surface area contributed by atoms with E-state index in [0.717, 1.165) is 10.0 Å². The normalized spacial score (nSPS) is 14.4. The highest BCUT2D eigenvalue weighted by Crippen LogP contribution is 2.42. The molecule has 0 fully saturated rings. The van der Waals surface area contributed by atoms with Gasteiger partial charge in [-0.2, -0.15) is 0 Å². The van der Waals surface area contributed by atoms with Crippen molar-refractivity contribution in [2.75, 3.05) is 13.2 Å². The van der Waals surface area contributed by atoms with Crippen LogP contribution in [-0.2, 0) is 11.2 Å². The smallest absolute Gasteiger partial charge is 0.309 e. The number of hydrogen-bond acceptors (Lipinski definition) is 3. The zero-order valence-electron chi connectivity index (χ0n) is 10.3. The van der Waals surface area contributed by atoms with Crippen LogP contribution in [-0.4, -0.2) is 24.3 Å². The molecule has 1 heterocycles. The zero-order chi connectivity index (χ0) is 13.3. The molecule has 0 aliphatic carbocycles. The van der Waals surface area contributed by atoms with Gasteiger partial charge < -0.3 is 14.6 Å². The number of carbonyl (C=O) groups is 1. The van der Waals surface area contributed by atoms with E-state index in [4.69, 9.17) is 9.47 Å². The lowest BCUT2D eigenvalue weighted by Gasteiger charge is -2.25. The molecule has 0 amide bonds. The number of rotatable bonds is 3. The van der Waals surface area contributed by atoms with E-state index in [-0.39, 0.29) is 0 Å². The van der Waals surface area contributed by atoms with E-state index in [0.29, 0.717) is 31.1 Å². The summed E-state index contributed by atoms with van der Waals surface area (Å²) in [6.07, 6.45) is 0.404. The summed E-state index contributed by atoms with van der Waals surface area (Å²) in [7, 11) is 0. The van der Waals surface area contributed by atoms with Gasteiger partial charge in [-0.15, -0.1) is 0 Å². The Labute approximate surface area is 114 Å². The average molecular weight is 315 g/mol. The zero-order valence-corrected chi connectivity index (χ0v) is 11.9. The predicted octanol–water partition coefficient (Wildman–Crippen LogP) is 2.87. The lowest BCUT2D eigenvalue weighted by Crippen LogP contribution is -2.27. The Morgan fingerprint density at radius 2 is 1.94 bits per heavy atom. The Hall–Kier alpha value is -1.23. The highest BCUT2D eigenvalue weighted by atomic mass is 79.9. The van der Waals surface area contributed by atoms with E-state index < -0.39 is 11.4 Å². The maximum absolute atomic E-state index is 11.2. The summed E-state index contributed by atoms with van der Waals surface area (Å²) in [6.45, 7) is 4.40.